The Hall–Kier alpha value is -0.930. The molecular weight excluding hydrogens is 222 g/mol. The number of likely N-dealkylation sites (tertiary alicyclic amines) is 1. The van der Waals surface area contributed by atoms with Crippen molar-refractivity contribution in [2.75, 3.05) is 13.1 Å². The highest BCUT2D eigenvalue weighted by molar-refractivity contribution is 5.25. The number of pyridine rings is 1. The van der Waals surface area contributed by atoms with Gasteiger partial charge in [0.15, 0.2) is 0 Å². The lowest BCUT2D eigenvalue weighted by molar-refractivity contribution is 0.0794. The molecule has 3 atom stereocenters. The minimum Gasteiger partial charge on any atom is -0.329 e. The summed E-state index contributed by atoms with van der Waals surface area (Å²) in [4.78, 5) is 6.84. The van der Waals surface area contributed by atoms with E-state index in [1.807, 2.05) is 12.4 Å². The molecule has 1 aliphatic rings. The van der Waals surface area contributed by atoms with Gasteiger partial charge in [0, 0.05) is 37.6 Å². The number of piperidine rings is 1. The van der Waals surface area contributed by atoms with Crippen LogP contribution < -0.4 is 5.73 Å². The largest absolute Gasteiger partial charge is 0.329 e. The van der Waals surface area contributed by atoms with Gasteiger partial charge in [-0.25, -0.2) is 0 Å². The number of rotatable bonds is 3. The zero-order valence-corrected chi connectivity index (χ0v) is 11.8. The number of hydrogen-bond acceptors (Lipinski definition) is 3. The third-order valence-corrected chi connectivity index (χ3v) is 4.23. The SMILES string of the molecule is Cc1ccncc1C(CN)N1CC(C)CCC1C. The van der Waals surface area contributed by atoms with Gasteiger partial charge in [-0.15, -0.1) is 0 Å². The molecular formula is C15H25N3. The van der Waals surface area contributed by atoms with Gasteiger partial charge in [-0.1, -0.05) is 6.92 Å². The molecule has 1 aromatic heterocycles. The summed E-state index contributed by atoms with van der Waals surface area (Å²) in [5.74, 6) is 0.771. The van der Waals surface area contributed by atoms with E-state index in [4.69, 9.17) is 5.73 Å². The van der Waals surface area contributed by atoms with Crippen LogP contribution in [0.2, 0.25) is 0 Å². The molecule has 100 valence electrons. The lowest BCUT2D eigenvalue weighted by Crippen LogP contribution is -2.45. The molecule has 1 fully saturated rings. The number of hydrogen-bond donors (Lipinski definition) is 1. The van der Waals surface area contributed by atoms with Gasteiger partial charge in [0.25, 0.3) is 0 Å². The molecule has 0 amide bonds. The van der Waals surface area contributed by atoms with E-state index in [0.29, 0.717) is 18.6 Å². The molecule has 2 N–H and O–H groups in total. The van der Waals surface area contributed by atoms with Crippen molar-refractivity contribution in [1.29, 1.82) is 0 Å². The minimum atomic E-state index is 0.316. The maximum absolute atomic E-state index is 6.04. The van der Waals surface area contributed by atoms with E-state index < -0.39 is 0 Å². The molecule has 2 heterocycles. The Morgan fingerprint density at radius 3 is 2.89 bits per heavy atom. The topological polar surface area (TPSA) is 42.1 Å². The third kappa shape index (κ3) is 2.73. The number of nitrogens with two attached hydrogens (primary N) is 1. The Bertz CT molecular complexity index is 391. The first-order chi connectivity index (χ1) is 8.63. The average molecular weight is 247 g/mol. The van der Waals surface area contributed by atoms with Gasteiger partial charge >= 0.3 is 0 Å². The molecule has 3 nitrogen and oxygen atoms in total. The van der Waals surface area contributed by atoms with Crippen LogP contribution in [0.1, 0.15) is 43.9 Å². The molecule has 0 bridgehead atoms. The predicted octanol–water partition coefficient (Wildman–Crippen LogP) is 2.51. The molecule has 0 aromatic carbocycles. The zero-order valence-electron chi connectivity index (χ0n) is 11.8. The predicted molar refractivity (Wildman–Crippen MR) is 75.3 cm³/mol. The van der Waals surface area contributed by atoms with Crippen LogP contribution in [0.15, 0.2) is 18.5 Å². The second-order valence-electron chi connectivity index (χ2n) is 5.71. The van der Waals surface area contributed by atoms with Crippen LogP contribution in [0, 0.1) is 12.8 Å². The summed E-state index contributed by atoms with van der Waals surface area (Å²) < 4.78 is 0. The lowest BCUT2D eigenvalue weighted by Gasteiger charge is -2.42. The van der Waals surface area contributed by atoms with Crippen molar-refractivity contribution < 1.29 is 0 Å². The molecule has 1 aliphatic heterocycles. The van der Waals surface area contributed by atoms with Gasteiger partial charge in [-0.3, -0.25) is 9.88 Å². The monoisotopic (exact) mass is 247 g/mol. The standard InChI is InChI=1S/C15H25N3/c1-11-4-5-13(3)18(10-11)15(8-16)14-9-17-7-6-12(14)2/h6-7,9,11,13,15H,4-5,8,10,16H2,1-3H3. The zero-order chi connectivity index (χ0) is 13.1. The van der Waals surface area contributed by atoms with E-state index in [-0.39, 0.29) is 0 Å². The van der Waals surface area contributed by atoms with Crippen molar-refractivity contribution in [3.63, 3.8) is 0 Å². The van der Waals surface area contributed by atoms with Crippen molar-refractivity contribution >= 4 is 0 Å². The average Bonchev–Trinajstić information content (AvgIpc) is 2.36. The Morgan fingerprint density at radius 1 is 1.44 bits per heavy atom. The van der Waals surface area contributed by atoms with Gasteiger partial charge < -0.3 is 5.73 Å². The highest BCUT2D eigenvalue weighted by Crippen LogP contribution is 2.31. The summed E-state index contributed by atoms with van der Waals surface area (Å²) in [6, 6.07) is 3.02. The fourth-order valence-electron chi connectivity index (χ4n) is 3.02. The number of nitrogens with zero attached hydrogens (tertiary/aromatic N) is 2. The smallest absolute Gasteiger partial charge is 0.0491 e. The van der Waals surface area contributed by atoms with Crippen molar-refractivity contribution in [3.8, 4) is 0 Å². The normalized spacial score (nSPS) is 27.1. The van der Waals surface area contributed by atoms with Gasteiger partial charge in [0.05, 0.1) is 0 Å². The number of aryl methyl sites for hydroxylation is 1. The van der Waals surface area contributed by atoms with E-state index in [9.17, 15) is 0 Å². The summed E-state index contributed by atoms with van der Waals surface area (Å²) in [6.45, 7) is 8.63. The Kier molecular flexibility index (Phi) is 4.36. The molecule has 0 radical (unpaired) electrons. The second kappa shape index (κ2) is 5.81. The first kappa shape index (κ1) is 13.5. The molecule has 1 aromatic rings. The van der Waals surface area contributed by atoms with Crippen LogP contribution in [0.4, 0.5) is 0 Å². The van der Waals surface area contributed by atoms with E-state index in [2.05, 4.69) is 36.7 Å². The van der Waals surface area contributed by atoms with Crippen molar-refractivity contribution in [1.82, 2.24) is 9.88 Å². The lowest BCUT2D eigenvalue weighted by atomic mass is 9.91. The van der Waals surface area contributed by atoms with Crippen LogP contribution >= 0.6 is 0 Å². The molecule has 0 saturated carbocycles. The quantitative estimate of drug-likeness (QED) is 0.892. The molecule has 0 spiro atoms. The van der Waals surface area contributed by atoms with Gasteiger partial charge in [-0.2, -0.15) is 0 Å². The third-order valence-electron chi connectivity index (χ3n) is 4.23. The molecule has 0 aliphatic carbocycles. The Labute approximate surface area is 110 Å². The van der Waals surface area contributed by atoms with E-state index in [0.717, 1.165) is 12.5 Å². The molecule has 3 unspecified atom stereocenters. The van der Waals surface area contributed by atoms with Crippen LogP contribution in [-0.4, -0.2) is 29.0 Å². The minimum absolute atomic E-state index is 0.316. The fourth-order valence-corrected chi connectivity index (χ4v) is 3.02. The van der Waals surface area contributed by atoms with Crippen molar-refractivity contribution in [3.05, 3.63) is 29.6 Å². The summed E-state index contributed by atoms with van der Waals surface area (Å²) in [6.07, 6.45) is 6.45. The molecule has 2 rings (SSSR count). The van der Waals surface area contributed by atoms with Crippen LogP contribution in [0.5, 0.6) is 0 Å². The molecule has 3 heteroatoms. The van der Waals surface area contributed by atoms with Gasteiger partial charge in [0.1, 0.15) is 0 Å². The van der Waals surface area contributed by atoms with Crippen molar-refractivity contribution in [2.24, 2.45) is 11.7 Å². The van der Waals surface area contributed by atoms with E-state index >= 15 is 0 Å². The molecule has 18 heavy (non-hydrogen) atoms. The van der Waals surface area contributed by atoms with Crippen molar-refractivity contribution in [2.45, 2.75) is 45.7 Å². The summed E-state index contributed by atoms with van der Waals surface area (Å²) in [7, 11) is 0. The summed E-state index contributed by atoms with van der Waals surface area (Å²) in [5, 5.41) is 0. The molecule has 1 saturated heterocycles. The highest BCUT2D eigenvalue weighted by atomic mass is 15.2. The van der Waals surface area contributed by atoms with Gasteiger partial charge in [-0.05, 0) is 49.8 Å². The van der Waals surface area contributed by atoms with E-state index in [1.165, 1.54) is 24.0 Å². The van der Waals surface area contributed by atoms with E-state index in [1.54, 1.807) is 0 Å². The maximum Gasteiger partial charge on any atom is 0.0491 e. The maximum atomic E-state index is 6.04. The van der Waals surface area contributed by atoms with Crippen LogP contribution in [0.3, 0.4) is 0 Å². The first-order valence-corrected chi connectivity index (χ1v) is 6.99. The highest BCUT2D eigenvalue weighted by Gasteiger charge is 2.29. The fraction of sp³-hybridized carbons (Fsp3) is 0.667. The van der Waals surface area contributed by atoms with Crippen LogP contribution in [0.25, 0.3) is 0 Å². The second-order valence-corrected chi connectivity index (χ2v) is 5.71. The van der Waals surface area contributed by atoms with Crippen LogP contribution in [-0.2, 0) is 0 Å². The Morgan fingerprint density at radius 2 is 2.22 bits per heavy atom. The Balaban J connectivity index is 2.25. The summed E-state index contributed by atoms with van der Waals surface area (Å²) >= 11 is 0. The summed E-state index contributed by atoms with van der Waals surface area (Å²) in [5.41, 5.74) is 8.63. The number of aromatic nitrogens is 1. The van der Waals surface area contributed by atoms with Gasteiger partial charge in [0.2, 0.25) is 0 Å². The first-order valence-electron chi connectivity index (χ1n) is 6.99.